The Morgan fingerprint density at radius 2 is 2.09 bits per heavy atom. The van der Waals surface area contributed by atoms with Crippen molar-refractivity contribution in [2.75, 3.05) is 7.11 Å². The van der Waals surface area contributed by atoms with Gasteiger partial charge in [-0.1, -0.05) is 27.5 Å². The maximum absolute atomic E-state index is 12.4. The molecular weight excluding hydrogens is 370 g/mol. The van der Waals surface area contributed by atoms with Crippen LogP contribution in [-0.2, 0) is 9.53 Å². The minimum absolute atomic E-state index is 0.104. The zero-order chi connectivity index (χ0) is 15.9. The molecule has 1 saturated carbocycles. The minimum Gasteiger partial charge on any atom is -0.509 e. The van der Waals surface area contributed by atoms with Gasteiger partial charge in [-0.2, -0.15) is 0 Å². The Bertz CT molecular complexity index is 651. The van der Waals surface area contributed by atoms with Crippen molar-refractivity contribution >= 4 is 39.0 Å². The Morgan fingerprint density at radius 3 is 2.73 bits per heavy atom. The number of halogens is 2. The van der Waals surface area contributed by atoms with E-state index in [1.165, 1.54) is 0 Å². The summed E-state index contributed by atoms with van der Waals surface area (Å²) in [5, 5.41) is 14.2. The van der Waals surface area contributed by atoms with E-state index in [9.17, 15) is 9.90 Å². The molecule has 22 heavy (non-hydrogen) atoms. The summed E-state index contributed by atoms with van der Waals surface area (Å²) in [4.78, 5) is 12.4. The lowest BCUT2D eigenvalue weighted by Gasteiger charge is -2.36. The summed E-state index contributed by atoms with van der Waals surface area (Å²) in [7, 11) is 1.69. The number of benzene rings is 1. The van der Waals surface area contributed by atoms with Gasteiger partial charge in [0, 0.05) is 22.2 Å². The number of hydrogen-bond donors (Lipinski definition) is 2. The molecule has 3 rings (SSSR count). The third-order valence-corrected chi connectivity index (χ3v) is 5.41. The lowest BCUT2D eigenvalue weighted by Crippen LogP contribution is -2.48. The summed E-state index contributed by atoms with van der Waals surface area (Å²) in [5.74, 6) is -0.166. The molecule has 118 valence electrons. The average Bonchev–Trinajstić information content (AvgIpc) is 2.74. The van der Waals surface area contributed by atoms with Crippen molar-refractivity contribution in [2.45, 2.75) is 37.3 Å². The van der Waals surface area contributed by atoms with Gasteiger partial charge in [-0.05, 0) is 43.9 Å². The number of methoxy groups -OCH3 is 1. The van der Waals surface area contributed by atoms with E-state index < -0.39 is 5.54 Å². The second-order valence-corrected chi connectivity index (χ2v) is 7.14. The molecule has 4 nitrogen and oxygen atoms in total. The molecule has 0 aromatic heterocycles. The van der Waals surface area contributed by atoms with Crippen LogP contribution in [0.15, 0.2) is 28.4 Å². The van der Waals surface area contributed by atoms with Gasteiger partial charge in [-0.25, -0.2) is 0 Å². The van der Waals surface area contributed by atoms with Gasteiger partial charge in [-0.3, -0.25) is 4.79 Å². The van der Waals surface area contributed by atoms with E-state index in [0.717, 1.165) is 17.3 Å². The van der Waals surface area contributed by atoms with Crippen molar-refractivity contribution in [1.82, 2.24) is 5.32 Å². The number of hydrogen-bond acceptors (Lipinski definition) is 3. The minimum atomic E-state index is -0.674. The van der Waals surface area contributed by atoms with Gasteiger partial charge in [0.1, 0.15) is 5.76 Å². The van der Waals surface area contributed by atoms with Crippen LogP contribution in [0.1, 0.15) is 31.2 Å². The molecule has 1 aliphatic carbocycles. The van der Waals surface area contributed by atoms with E-state index in [4.69, 9.17) is 16.3 Å². The highest BCUT2D eigenvalue weighted by Crippen LogP contribution is 2.43. The van der Waals surface area contributed by atoms with E-state index in [0.29, 0.717) is 23.4 Å². The molecule has 0 saturated heterocycles. The molecule has 2 aliphatic rings. The highest BCUT2D eigenvalue weighted by molar-refractivity contribution is 9.10. The van der Waals surface area contributed by atoms with E-state index in [1.54, 1.807) is 25.3 Å². The predicted octanol–water partition coefficient (Wildman–Crippen LogP) is 3.83. The number of rotatable bonds is 2. The monoisotopic (exact) mass is 385 g/mol. The third-order valence-electron chi connectivity index (χ3n) is 4.59. The Morgan fingerprint density at radius 1 is 1.41 bits per heavy atom. The van der Waals surface area contributed by atoms with E-state index in [1.807, 2.05) is 0 Å². The van der Waals surface area contributed by atoms with Gasteiger partial charge in [0.05, 0.1) is 17.2 Å². The van der Waals surface area contributed by atoms with Crippen molar-refractivity contribution in [2.24, 2.45) is 0 Å². The van der Waals surface area contributed by atoms with Crippen LogP contribution in [0.5, 0.6) is 0 Å². The number of carbonyl (C=O) groups excluding carboxylic acids is 1. The summed E-state index contributed by atoms with van der Waals surface area (Å²) in [6.07, 6.45) is 3.13. The molecule has 1 heterocycles. The quantitative estimate of drug-likeness (QED) is 0.812. The molecule has 1 aliphatic heterocycles. The molecule has 0 unspecified atom stereocenters. The number of aliphatic hydroxyl groups excluding tert-OH is 1. The summed E-state index contributed by atoms with van der Waals surface area (Å²) >= 11 is 9.59. The van der Waals surface area contributed by atoms with Crippen LogP contribution >= 0.6 is 27.5 Å². The van der Waals surface area contributed by atoms with Gasteiger partial charge in [0.25, 0.3) is 5.91 Å². The molecular formula is C16H17BrClNO3. The molecule has 0 radical (unpaired) electrons. The van der Waals surface area contributed by atoms with Gasteiger partial charge in [0.2, 0.25) is 0 Å². The third kappa shape index (κ3) is 2.55. The average molecular weight is 387 g/mol. The Kier molecular flexibility index (Phi) is 4.23. The van der Waals surface area contributed by atoms with Crippen molar-refractivity contribution in [1.29, 1.82) is 0 Å². The topological polar surface area (TPSA) is 58.6 Å². The number of ether oxygens (including phenoxy) is 1. The molecule has 1 aromatic carbocycles. The van der Waals surface area contributed by atoms with Crippen LogP contribution in [0, 0.1) is 0 Å². The van der Waals surface area contributed by atoms with Crippen LogP contribution < -0.4 is 5.32 Å². The highest BCUT2D eigenvalue weighted by Gasteiger charge is 2.48. The molecule has 0 atom stereocenters. The Labute approximate surface area is 142 Å². The highest BCUT2D eigenvalue weighted by atomic mass is 79.9. The van der Waals surface area contributed by atoms with E-state index in [-0.39, 0.29) is 23.3 Å². The fraction of sp³-hybridized carbons (Fsp3) is 0.438. The molecule has 0 bridgehead atoms. The smallest absolute Gasteiger partial charge is 0.256 e. The summed E-state index contributed by atoms with van der Waals surface area (Å²) in [6.45, 7) is 0. The summed E-state index contributed by atoms with van der Waals surface area (Å²) in [6, 6.07) is 5.27. The Balaban J connectivity index is 2.00. The van der Waals surface area contributed by atoms with Gasteiger partial charge in [-0.15, -0.1) is 0 Å². The lowest BCUT2D eigenvalue weighted by molar-refractivity contribution is -0.116. The largest absolute Gasteiger partial charge is 0.509 e. The number of amides is 1. The molecule has 1 amide bonds. The first kappa shape index (κ1) is 15.8. The van der Waals surface area contributed by atoms with Crippen LogP contribution in [0.4, 0.5) is 0 Å². The fourth-order valence-electron chi connectivity index (χ4n) is 3.31. The van der Waals surface area contributed by atoms with Crippen LogP contribution in [0.25, 0.3) is 5.57 Å². The van der Waals surface area contributed by atoms with Crippen molar-refractivity contribution in [3.8, 4) is 0 Å². The fourth-order valence-corrected chi connectivity index (χ4v) is 3.88. The number of carbonyl (C=O) groups is 1. The zero-order valence-corrected chi connectivity index (χ0v) is 14.5. The predicted molar refractivity (Wildman–Crippen MR) is 88.8 cm³/mol. The molecule has 1 spiro atoms. The van der Waals surface area contributed by atoms with Crippen LogP contribution in [-0.4, -0.2) is 29.8 Å². The normalized spacial score (nSPS) is 28.3. The van der Waals surface area contributed by atoms with Crippen LogP contribution in [0.2, 0.25) is 5.02 Å². The van der Waals surface area contributed by atoms with Gasteiger partial charge >= 0.3 is 0 Å². The molecule has 1 aromatic rings. The molecule has 2 N–H and O–H groups in total. The SMILES string of the molecule is COC1CCC2(CC1)NC(=O)C(c1cc(Br)ccc1Cl)=C2O. The van der Waals surface area contributed by atoms with E-state index in [2.05, 4.69) is 21.2 Å². The maximum Gasteiger partial charge on any atom is 0.256 e. The second-order valence-electron chi connectivity index (χ2n) is 5.82. The standard InChI is InChI=1S/C16H17BrClNO3/c1-22-10-4-6-16(7-5-10)14(20)13(15(21)19-16)11-8-9(17)2-3-12(11)18/h2-3,8,10,20H,4-7H2,1H3,(H,19,21). The summed E-state index contributed by atoms with van der Waals surface area (Å²) < 4.78 is 6.17. The van der Waals surface area contributed by atoms with Crippen molar-refractivity contribution < 1.29 is 14.6 Å². The lowest BCUT2D eigenvalue weighted by atomic mass is 9.79. The Hall–Kier alpha value is -1.04. The first-order valence-electron chi connectivity index (χ1n) is 7.21. The second kappa shape index (κ2) is 5.87. The first-order valence-corrected chi connectivity index (χ1v) is 8.38. The molecule has 6 heteroatoms. The van der Waals surface area contributed by atoms with Gasteiger partial charge < -0.3 is 15.2 Å². The number of nitrogens with one attached hydrogen (secondary N) is 1. The van der Waals surface area contributed by atoms with Gasteiger partial charge in [0.15, 0.2) is 0 Å². The van der Waals surface area contributed by atoms with Crippen LogP contribution in [0.3, 0.4) is 0 Å². The van der Waals surface area contributed by atoms with Crippen molar-refractivity contribution in [3.05, 3.63) is 39.0 Å². The maximum atomic E-state index is 12.4. The summed E-state index contributed by atoms with van der Waals surface area (Å²) in [5.41, 5.74) is 0.159. The zero-order valence-electron chi connectivity index (χ0n) is 12.2. The van der Waals surface area contributed by atoms with Crippen molar-refractivity contribution in [3.63, 3.8) is 0 Å². The molecule has 1 fully saturated rings. The number of aliphatic hydroxyl groups is 1. The first-order chi connectivity index (χ1) is 10.5. The van der Waals surface area contributed by atoms with E-state index >= 15 is 0 Å².